The molecule has 1 aliphatic carbocycles. The quantitative estimate of drug-likeness (QED) is 0.775. The van der Waals surface area contributed by atoms with Crippen LogP contribution in [0.2, 0.25) is 0 Å². The molecule has 1 amide bonds. The zero-order valence-electron chi connectivity index (χ0n) is 12.8. The van der Waals surface area contributed by atoms with Crippen molar-refractivity contribution in [1.82, 2.24) is 9.80 Å². The van der Waals surface area contributed by atoms with Crippen molar-refractivity contribution in [3.05, 3.63) is 0 Å². The number of hydrogen-bond acceptors (Lipinski definition) is 3. The topological polar surface area (TPSA) is 49.6 Å². The average molecular weight is 267 g/mol. The zero-order valence-corrected chi connectivity index (χ0v) is 12.8. The average Bonchev–Trinajstić information content (AvgIpc) is 2.36. The number of carbonyl (C=O) groups is 1. The number of hydrogen-bond donors (Lipinski definition) is 1. The van der Waals surface area contributed by atoms with Crippen molar-refractivity contribution >= 4 is 5.91 Å². The Labute approximate surface area is 117 Å². The van der Waals surface area contributed by atoms with Gasteiger partial charge in [0.1, 0.15) is 0 Å². The molecule has 1 saturated carbocycles. The van der Waals surface area contributed by atoms with Crippen LogP contribution < -0.4 is 5.73 Å². The minimum Gasteiger partial charge on any atom is -0.340 e. The highest BCUT2D eigenvalue weighted by Gasteiger charge is 2.38. The Morgan fingerprint density at radius 3 is 2.42 bits per heavy atom. The molecule has 5 unspecified atom stereocenters. The Hall–Kier alpha value is -0.610. The SMILES string of the molecule is CC1CC(C)C(C(=O)N2CCN(C)C(C)C2)CC1N. The van der Waals surface area contributed by atoms with E-state index in [0.717, 1.165) is 32.5 Å². The van der Waals surface area contributed by atoms with Crippen LogP contribution in [-0.2, 0) is 4.79 Å². The van der Waals surface area contributed by atoms with E-state index in [9.17, 15) is 4.79 Å². The van der Waals surface area contributed by atoms with Gasteiger partial charge in [0.2, 0.25) is 5.91 Å². The fourth-order valence-corrected chi connectivity index (χ4v) is 3.51. The molecule has 1 heterocycles. The van der Waals surface area contributed by atoms with E-state index in [2.05, 4.69) is 37.6 Å². The minimum absolute atomic E-state index is 0.141. The fraction of sp³-hybridized carbons (Fsp3) is 0.933. The summed E-state index contributed by atoms with van der Waals surface area (Å²) in [5.74, 6) is 1.50. The Kier molecular flexibility index (Phi) is 4.51. The van der Waals surface area contributed by atoms with Crippen LogP contribution in [0.1, 0.15) is 33.6 Å². The smallest absolute Gasteiger partial charge is 0.226 e. The molecule has 19 heavy (non-hydrogen) atoms. The predicted molar refractivity (Wildman–Crippen MR) is 77.7 cm³/mol. The molecule has 5 atom stereocenters. The van der Waals surface area contributed by atoms with E-state index in [1.807, 2.05) is 0 Å². The molecule has 0 bridgehead atoms. The van der Waals surface area contributed by atoms with Crippen LogP contribution in [-0.4, -0.2) is 54.5 Å². The summed E-state index contributed by atoms with van der Waals surface area (Å²) in [5.41, 5.74) is 6.17. The Morgan fingerprint density at radius 1 is 1.11 bits per heavy atom. The fourth-order valence-electron chi connectivity index (χ4n) is 3.51. The first kappa shape index (κ1) is 14.8. The molecular formula is C15H29N3O. The number of likely N-dealkylation sites (N-methyl/N-ethyl adjacent to an activating group) is 1. The van der Waals surface area contributed by atoms with Crippen molar-refractivity contribution in [2.24, 2.45) is 23.5 Å². The molecule has 0 radical (unpaired) electrons. The summed E-state index contributed by atoms with van der Waals surface area (Å²) in [4.78, 5) is 17.1. The summed E-state index contributed by atoms with van der Waals surface area (Å²) in [6, 6.07) is 0.652. The molecule has 4 heteroatoms. The van der Waals surface area contributed by atoms with E-state index < -0.39 is 0 Å². The van der Waals surface area contributed by atoms with Gasteiger partial charge in [-0.15, -0.1) is 0 Å². The Morgan fingerprint density at radius 2 is 1.79 bits per heavy atom. The predicted octanol–water partition coefficient (Wildman–Crippen LogP) is 1.16. The highest BCUT2D eigenvalue weighted by atomic mass is 16.2. The first-order valence-electron chi connectivity index (χ1n) is 7.64. The second kappa shape index (κ2) is 5.80. The standard InChI is InChI=1S/C15H29N3O/c1-10-7-11(2)14(16)8-13(10)15(19)18-6-5-17(4)12(3)9-18/h10-14H,5-9,16H2,1-4H3. The van der Waals surface area contributed by atoms with Gasteiger partial charge in [0, 0.05) is 37.6 Å². The van der Waals surface area contributed by atoms with Gasteiger partial charge in [-0.3, -0.25) is 4.79 Å². The molecule has 0 aromatic rings. The van der Waals surface area contributed by atoms with Crippen LogP contribution in [0.25, 0.3) is 0 Å². The van der Waals surface area contributed by atoms with Gasteiger partial charge in [-0.05, 0) is 38.6 Å². The largest absolute Gasteiger partial charge is 0.340 e. The lowest BCUT2D eigenvalue weighted by atomic mass is 9.72. The highest BCUT2D eigenvalue weighted by Crippen LogP contribution is 2.34. The zero-order chi connectivity index (χ0) is 14.2. The normalized spacial score (nSPS) is 41.3. The summed E-state index contributed by atoms with van der Waals surface area (Å²) in [5, 5.41) is 0. The van der Waals surface area contributed by atoms with Crippen molar-refractivity contribution in [2.75, 3.05) is 26.7 Å². The minimum atomic E-state index is 0.141. The Balaban J connectivity index is 1.99. The summed E-state index contributed by atoms with van der Waals surface area (Å²) < 4.78 is 0. The summed E-state index contributed by atoms with van der Waals surface area (Å²) in [6.07, 6.45) is 1.95. The van der Waals surface area contributed by atoms with E-state index >= 15 is 0 Å². The van der Waals surface area contributed by atoms with Gasteiger partial charge < -0.3 is 15.5 Å². The van der Waals surface area contributed by atoms with Gasteiger partial charge in [0.05, 0.1) is 0 Å². The van der Waals surface area contributed by atoms with Crippen molar-refractivity contribution in [3.8, 4) is 0 Å². The first-order chi connectivity index (χ1) is 8.90. The van der Waals surface area contributed by atoms with Crippen LogP contribution in [0.5, 0.6) is 0 Å². The molecule has 0 spiro atoms. The third kappa shape index (κ3) is 3.11. The third-order valence-electron chi connectivity index (χ3n) is 5.28. The molecule has 1 saturated heterocycles. The van der Waals surface area contributed by atoms with Gasteiger partial charge in [-0.1, -0.05) is 13.8 Å². The maximum absolute atomic E-state index is 12.7. The number of piperazine rings is 1. The van der Waals surface area contributed by atoms with Crippen LogP contribution in [0.3, 0.4) is 0 Å². The second-order valence-corrected chi connectivity index (χ2v) is 6.81. The highest BCUT2D eigenvalue weighted by molar-refractivity contribution is 5.79. The van der Waals surface area contributed by atoms with Crippen LogP contribution in [0, 0.1) is 17.8 Å². The van der Waals surface area contributed by atoms with Crippen molar-refractivity contribution < 1.29 is 4.79 Å². The van der Waals surface area contributed by atoms with Crippen LogP contribution >= 0.6 is 0 Å². The maximum Gasteiger partial charge on any atom is 0.226 e. The third-order valence-corrected chi connectivity index (χ3v) is 5.28. The van der Waals surface area contributed by atoms with E-state index in [-0.39, 0.29) is 12.0 Å². The van der Waals surface area contributed by atoms with E-state index in [4.69, 9.17) is 5.73 Å². The van der Waals surface area contributed by atoms with Crippen molar-refractivity contribution in [1.29, 1.82) is 0 Å². The lowest BCUT2D eigenvalue weighted by Crippen LogP contribution is -2.55. The molecule has 2 N–H and O–H groups in total. The van der Waals surface area contributed by atoms with Gasteiger partial charge in [0.25, 0.3) is 0 Å². The number of amides is 1. The lowest BCUT2D eigenvalue weighted by Gasteiger charge is -2.42. The van der Waals surface area contributed by atoms with Crippen LogP contribution in [0.15, 0.2) is 0 Å². The molecular weight excluding hydrogens is 238 g/mol. The second-order valence-electron chi connectivity index (χ2n) is 6.81. The van der Waals surface area contributed by atoms with Gasteiger partial charge in [-0.2, -0.15) is 0 Å². The molecule has 0 aromatic heterocycles. The Bertz CT molecular complexity index is 333. The molecule has 2 rings (SSSR count). The summed E-state index contributed by atoms with van der Waals surface area (Å²) in [6.45, 7) is 9.33. The molecule has 1 aliphatic heterocycles. The molecule has 0 aromatic carbocycles. The first-order valence-corrected chi connectivity index (χ1v) is 7.64. The number of rotatable bonds is 1. The van der Waals surface area contributed by atoms with Crippen molar-refractivity contribution in [3.63, 3.8) is 0 Å². The van der Waals surface area contributed by atoms with Gasteiger partial charge in [0.15, 0.2) is 0 Å². The van der Waals surface area contributed by atoms with Crippen LogP contribution in [0.4, 0.5) is 0 Å². The number of nitrogens with two attached hydrogens (primary N) is 1. The van der Waals surface area contributed by atoms with E-state index in [0.29, 0.717) is 23.8 Å². The van der Waals surface area contributed by atoms with Gasteiger partial charge in [-0.25, -0.2) is 0 Å². The molecule has 110 valence electrons. The molecule has 2 aliphatic rings. The summed E-state index contributed by atoms with van der Waals surface area (Å²) in [7, 11) is 2.13. The van der Waals surface area contributed by atoms with Gasteiger partial charge >= 0.3 is 0 Å². The monoisotopic (exact) mass is 267 g/mol. The lowest BCUT2D eigenvalue weighted by molar-refractivity contribution is -0.141. The molecule has 4 nitrogen and oxygen atoms in total. The van der Waals surface area contributed by atoms with E-state index in [1.165, 1.54) is 0 Å². The number of carbonyl (C=O) groups excluding carboxylic acids is 1. The maximum atomic E-state index is 12.7. The summed E-state index contributed by atoms with van der Waals surface area (Å²) >= 11 is 0. The van der Waals surface area contributed by atoms with E-state index in [1.54, 1.807) is 0 Å². The number of nitrogens with zero attached hydrogens (tertiary/aromatic N) is 2. The molecule has 2 fully saturated rings. The van der Waals surface area contributed by atoms with Crippen molar-refractivity contribution in [2.45, 2.75) is 45.7 Å².